The highest BCUT2D eigenvalue weighted by Gasteiger charge is 2.21. The zero-order chi connectivity index (χ0) is 17.6. The molecule has 0 aliphatic carbocycles. The number of carbonyl (C=O) groups excluding carboxylic acids is 1. The third kappa shape index (κ3) is 2.61. The average molecular weight is 336 g/mol. The van der Waals surface area contributed by atoms with Gasteiger partial charge in [-0.3, -0.25) is 9.59 Å². The molecule has 1 N–H and O–H groups in total. The standard InChI is InChI=1S/C20H17FN2O2/c1-12(13-5-7-15(21)8-6-13)22-20(25)17-11-23-10-9-14-3-2-4-16(18(14)23)19(17)24/h2-8,11-12H,9-10H2,1H3,(H,22,25)/t12-/m1/s1. The first kappa shape index (κ1) is 15.6. The third-order valence-electron chi connectivity index (χ3n) is 4.77. The van der Waals surface area contributed by atoms with Crippen LogP contribution < -0.4 is 10.7 Å². The lowest BCUT2D eigenvalue weighted by molar-refractivity contribution is 0.0938. The molecule has 4 rings (SSSR count). The minimum atomic E-state index is -0.412. The number of rotatable bonds is 3. The summed E-state index contributed by atoms with van der Waals surface area (Å²) >= 11 is 0. The summed E-state index contributed by atoms with van der Waals surface area (Å²) in [7, 11) is 0. The number of aryl methyl sites for hydroxylation is 2. The molecule has 1 aromatic heterocycles. The van der Waals surface area contributed by atoms with Gasteiger partial charge in [-0.25, -0.2) is 4.39 Å². The van der Waals surface area contributed by atoms with Gasteiger partial charge in [0.25, 0.3) is 5.91 Å². The van der Waals surface area contributed by atoms with Crippen LogP contribution >= 0.6 is 0 Å². The van der Waals surface area contributed by atoms with Crippen LogP contribution in [0.1, 0.15) is 34.5 Å². The number of halogens is 1. The van der Waals surface area contributed by atoms with E-state index >= 15 is 0 Å². The van der Waals surface area contributed by atoms with Crippen molar-refractivity contribution >= 4 is 16.8 Å². The molecule has 0 saturated carbocycles. The van der Waals surface area contributed by atoms with E-state index < -0.39 is 5.91 Å². The molecular weight excluding hydrogens is 319 g/mol. The average Bonchev–Trinajstić information content (AvgIpc) is 3.02. The van der Waals surface area contributed by atoms with Crippen LogP contribution in [0.3, 0.4) is 0 Å². The van der Waals surface area contributed by atoms with Crippen molar-refractivity contribution in [2.75, 3.05) is 0 Å². The van der Waals surface area contributed by atoms with E-state index in [0.717, 1.165) is 29.6 Å². The third-order valence-corrected chi connectivity index (χ3v) is 4.77. The van der Waals surface area contributed by atoms with Crippen LogP contribution in [0, 0.1) is 5.82 Å². The number of hydrogen-bond acceptors (Lipinski definition) is 2. The summed E-state index contributed by atoms with van der Waals surface area (Å²) in [5.41, 5.74) is 2.73. The number of nitrogens with one attached hydrogen (secondary N) is 1. The topological polar surface area (TPSA) is 51.1 Å². The summed E-state index contributed by atoms with van der Waals surface area (Å²) in [6, 6.07) is 11.3. The molecular formula is C20H17FN2O2. The Kier molecular flexibility index (Phi) is 3.64. The fourth-order valence-electron chi connectivity index (χ4n) is 3.43. The number of aromatic nitrogens is 1. The second-order valence-corrected chi connectivity index (χ2v) is 6.38. The number of carbonyl (C=O) groups is 1. The first-order valence-corrected chi connectivity index (χ1v) is 8.26. The van der Waals surface area contributed by atoms with Gasteiger partial charge in [0.1, 0.15) is 11.4 Å². The molecule has 2 heterocycles. The minimum absolute atomic E-state index is 0.139. The molecule has 0 bridgehead atoms. The molecule has 1 aliphatic heterocycles. The van der Waals surface area contributed by atoms with E-state index in [1.54, 1.807) is 31.3 Å². The van der Waals surface area contributed by atoms with Crippen LogP contribution in [0.4, 0.5) is 4.39 Å². The van der Waals surface area contributed by atoms with Gasteiger partial charge in [-0.2, -0.15) is 0 Å². The molecule has 4 nitrogen and oxygen atoms in total. The van der Waals surface area contributed by atoms with Crippen molar-refractivity contribution in [3.8, 4) is 0 Å². The molecule has 0 spiro atoms. The smallest absolute Gasteiger partial charge is 0.257 e. The summed E-state index contributed by atoms with van der Waals surface area (Å²) in [4.78, 5) is 25.4. The highest BCUT2D eigenvalue weighted by atomic mass is 19.1. The molecule has 3 aromatic rings. The predicted octanol–water partition coefficient (Wildman–Crippen LogP) is 3.19. The van der Waals surface area contributed by atoms with Gasteiger partial charge >= 0.3 is 0 Å². The summed E-state index contributed by atoms with van der Waals surface area (Å²) < 4.78 is 15.0. The Morgan fingerprint density at radius 1 is 1.20 bits per heavy atom. The van der Waals surface area contributed by atoms with Crippen molar-refractivity contribution in [2.45, 2.75) is 25.9 Å². The van der Waals surface area contributed by atoms with Gasteiger partial charge in [0.15, 0.2) is 0 Å². The van der Waals surface area contributed by atoms with E-state index in [-0.39, 0.29) is 22.9 Å². The highest BCUT2D eigenvalue weighted by molar-refractivity contribution is 5.98. The number of amides is 1. The van der Waals surface area contributed by atoms with E-state index in [4.69, 9.17) is 0 Å². The van der Waals surface area contributed by atoms with Gasteiger partial charge in [0, 0.05) is 18.1 Å². The van der Waals surface area contributed by atoms with Gasteiger partial charge in [-0.15, -0.1) is 0 Å². The summed E-state index contributed by atoms with van der Waals surface area (Å²) in [6.45, 7) is 2.57. The molecule has 25 heavy (non-hydrogen) atoms. The first-order valence-electron chi connectivity index (χ1n) is 8.26. The number of benzene rings is 2. The monoisotopic (exact) mass is 336 g/mol. The van der Waals surface area contributed by atoms with E-state index in [2.05, 4.69) is 5.32 Å². The maximum absolute atomic E-state index is 13.0. The maximum atomic E-state index is 13.0. The fraction of sp³-hybridized carbons (Fsp3) is 0.200. The van der Waals surface area contributed by atoms with Crippen molar-refractivity contribution in [1.82, 2.24) is 9.88 Å². The number of hydrogen-bond donors (Lipinski definition) is 1. The molecule has 1 amide bonds. The van der Waals surface area contributed by atoms with Gasteiger partial charge in [-0.05, 0) is 42.7 Å². The lowest BCUT2D eigenvalue weighted by atomic mass is 10.1. The summed E-state index contributed by atoms with van der Waals surface area (Å²) in [6.07, 6.45) is 2.52. The molecule has 5 heteroatoms. The Morgan fingerprint density at radius 2 is 1.96 bits per heavy atom. The second kappa shape index (κ2) is 5.84. The van der Waals surface area contributed by atoms with Crippen LogP contribution in [0.25, 0.3) is 10.9 Å². The van der Waals surface area contributed by atoms with Crippen LogP contribution in [-0.4, -0.2) is 10.5 Å². The van der Waals surface area contributed by atoms with Crippen LogP contribution in [0.15, 0.2) is 53.5 Å². The van der Waals surface area contributed by atoms with E-state index in [1.807, 2.05) is 16.7 Å². The zero-order valence-electron chi connectivity index (χ0n) is 13.8. The predicted molar refractivity (Wildman–Crippen MR) is 94.2 cm³/mol. The molecule has 2 aromatic carbocycles. The van der Waals surface area contributed by atoms with Crippen molar-refractivity contribution in [3.63, 3.8) is 0 Å². The Labute approximate surface area is 143 Å². The van der Waals surface area contributed by atoms with E-state index in [0.29, 0.717) is 5.39 Å². The zero-order valence-corrected chi connectivity index (χ0v) is 13.8. The largest absolute Gasteiger partial charge is 0.346 e. The Bertz CT molecular complexity index is 1040. The van der Waals surface area contributed by atoms with Crippen molar-refractivity contribution in [2.24, 2.45) is 0 Å². The summed E-state index contributed by atoms with van der Waals surface area (Å²) in [5, 5.41) is 3.41. The normalized spacial score (nSPS) is 13.8. The van der Waals surface area contributed by atoms with E-state index in [9.17, 15) is 14.0 Å². The Balaban J connectivity index is 1.68. The van der Waals surface area contributed by atoms with E-state index in [1.165, 1.54) is 12.1 Å². The molecule has 1 aliphatic rings. The van der Waals surface area contributed by atoms with Gasteiger partial charge in [0.05, 0.1) is 11.6 Å². The van der Waals surface area contributed by atoms with Gasteiger partial charge in [-0.1, -0.05) is 24.3 Å². The number of nitrogens with zero attached hydrogens (tertiary/aromatic N) is 1. The maximum Gasteiger partial charge on any atom is 0.257 e. The summed E-state index contributed by atoms with van der Waals surface area (Å²) in [5.74, 6) is -0.737. The Morgan fingerprint density at radius 3 is 2.72 bits per heavy atom. The van der Waals surface area contributed by atoms with Crippen molar-refractivity contribution < 1.29 is 9.18 Å². The lowest BCUT2D eigenvalue weighted by Gasteiger charge is -2.15. The number of pyridine rings is 1. The SMILES string of the molecule is C[C@@H](NC(=O)c1cn2c3c(cccc3c1=O)CC2)c1ccc(F)cc1. The molecule has 0 radical (unpaired) electrons. The van der Waals surface area contributed by atoms with Gasteiger partial charge in [0.2, 0.25) is 5.43 Å². The molecule has 0 fully saturated rings. The molecule has 1 atom stereocenters. The Hall–Kier alpha value is -2.95. The lowest BCUT2D eigenvalue weighted by Crippen LogP contribution is -2.31. The fourth-order valence-corrected chi connectivity index (χ4v) is 3.43. The molecule has 0 saturated heterocycles. The van der Waals surface area contributed by atoms with Crippen LogP contribution in [-0.2, 0) is 13.0 Å². The highest BCUT2D eigenvalue weighted by Crippen LogP contribution is 2.24. The quantitative estimate of drug-likeness (QED) is 0.799. The molecule has 126 valence electrons. The number of para-hydroxylation sites is 1. The minimum Gasteiger partial charge on any atom is -0.346 e. The first-order chi connectivity index (χ1) is 12.0. The second-order valence-electron chi connectivity index (χ2n) is 6.38. The van der Waals surface area contributed by atoms with Crippen molar-refractivity contribution in [1.29, 1.82) is 0 Å². The van der Waals surface area contributed by atoms with Gasteiger partial charge < -0.3 is 9.88 Å². The molecule has 0 unspecified atom stereocenters. The van der Waals surface area contributed by atoms with Crippen LogP contribution in [0.2, 0.25) is 0 Å². The van der Waals surface area contributed by atoms with Crippen LogP contribution in [0.5, 0.6) is 0 Å². The van der Waals surface area contributed by atoms with Crippen molar-refractivity contribution in [3.05, 3.63) is 81.4 Å².